The summed E-state index contributed by atoms with van der Waals surface area (Å²) in [5, 5.41) is 2.19. The van der Waals surface area contributed by atoms with Gasteiger partial charge in [-0.2, -0.15) is 4.72 Å². The van der Waals surface area contributed by atoms with Gasteiger partial charge in [-0.3, -0.25) is 4.79 Å². The van der Waals surface area contributed by atoms with Crippen LogP contribution in [0.3, 0.4) is 0 Å². The summed E-state index contributed by atoms with van der Waals surface area (Å²) in [6.07, 6.45) is 0.276. The number of carbonyl (C=O) groups is 1. The van der Waals surface area contributed by atoms with Gasteiger partial charge in [0.1, 0.15) is 6.04 Å². The van der Waals surface area contributed by atoms with Crippen molar-refractivity contribution in [1.82, 2.24) is 4.72 Å². The molecule has 0 aromatic heterocycles. The van der Waals surface area contributed by atoms with Gasteiger partial charge in [0, 0.05) is 3.92 Å². The molecule has 0 aliphatic carbocycles. The van der Waals surface area contributed by atoms with E-state index in [1.165, 1.54) is 12.1 Å². The van der Waals surface area contributed by atoms with Gasteiger partial charge in [0.15, 0.2) is 0 Å². The molecule has 0 spiro atoms. The molecular formula is C23H24INO4S. The van der Waals surface area contributed by atoms with Crippen LogP contribution in [0.15, 0.2) is 71.6 Å². The Balaban J connectivity index is 1.88. The average molecular weight is 537 g/mol. The zero-order valence-electron chi connectivity index (χ0n) is 16.8. The average Bonchev–Trinajstić information content (AvgIpc) is 2.73. The molecule has 0 fully saturated rings. The number of carbonyl (C=O) groups excluding carboxylic acids is 1. The Morgan fingerprint density at radius 1 is 1.03 bits per heavy atom. The zero-order valence-corrected chi connectivity index (χ0v) is 19.8. The lowest BCUT2D eigenvalue weighted by Crippen LogP contribution is -2.42. The Labute approximate surface area is 191 Å². The van der Waals surface area contributed by atoms with Crippen molar-refractivity contribution >= 4 is 49.4 Å². The van der Waals surface area contributed by atoms with E-state index < -0.39 is 22.0 Å². The Morgan fingerprint density at radius 2 is 1.70 bits per heavy atom. The molecule has 0 amide bonds. The Hall–Kier alpha value is -1.97. The fraction of sp³-hybridized carbons (Fsp3) is 0.261. The van der Waals surface area contributed by atoms with Gasteiger partial charge in [0.2, 0.25) is 10.0 Å². The molecule has 0 saturated carbocycles. The predicted octanol–water partition coefficient (Wildman–Crippen LogP) is 4.92. The van der Waals surface area contributed by atoms with E-state index in [9.17, 15) is 13.2 Å². The molecule has 0 aliphatic rings. The Morgan fingerprint density at radius 3 is 2.40 bits per heavy atom. The first-order valence-electron chi connectivity index (χ1n) is 9.69. The van der Waals surface area contributed by atoms with Crippen molar-refractivity contribution in [2.45, 2.75) is 35.1 Å². The van der Waals surface area contributed by atoms with Gasteiger partial charge < -0.3 is 4.74 Å². The standard InChI is InChI=1S/C23H24INO4S/c1-3-29-23(26)22(25-30(27,28)18-13-11-16(2)12-14-18)15-21(24)20-10-6-8-17-7-4-5-9-19(17)20/h4-14,21-22,25H,3,15H2,1-2H3/t21-,22-/m0/s1. The molecule has 3 aromatic rings. The summed E-state index contributed by atoms with van der Waals surface area (Å²) in [5.74, 6) is -0.574. The van der Waals surface area contributed by atoms with E-state index >= 15 is 0 Å². The highest BCUT2D eigenvalue weighted by Crippen LogP contribution is 2.34. The second-order valence-electron chi connectivity index (χ2n) is 7.01. The largest absolute Gasteiger partial charge is 0.465 e. The number of hydrogen-bond acceptors (Lipinski definition) is 4. The predicted molar refractivity (Wildman–Crippen MR) is 127 cm³/mol. The van der Waals surface area contributed by atoms with Crippen molar-refractivity contribution in [3.63, 3.8) is 0 Å². The maximum atomic E-state index is 12.9. The summed E-state index contributed by atoms with van der Waals surface area (Å²) >= 11 is 2.26. The molecule has 1 N–H and O–H groups in total. The van der Waals surface area contributed by atoms with E-state index in [-0.39, 0.29) is 21.8 Å². The van der Waals surface area contributed by atoms with Gasteiger partial charge in [-0.1, -0.05) is 82.8 Å². The van der Waals surface area contributed by atoms with E-state index in [2.05, 4.69) is 27.3 Å². The van der Waals surface area contributed by atoms with Crippen molar-refractivity contribution in [2.24, 2.45) is 0 Å². The molecule has 7 heteroatoms. The van der Waals surface area contributed by atoms with Gasteiger partial charge in [-0.25, -0.2) is 8.42 Å². The van der Waals surface area contributed by atoms with E-state index in [1.54, 1.807) is 19.1 Å². The maximum Gasteiger partial charge on any atom is 0.324 e. The summed E-state index contributed by atoms with van der Waals surface area (Å²) < 4.78 is 33.4. The summed E-state index contributed by atoms with van der Waals surface area (Å²) in [6, 6.07) is 19.6. The number of nitrogens with one attached hydrogen (secondary N) is 1. The molecule has 0 radical (unpaired) electrons. The van der Waals surface area contributed by atoms with Crippen molar-refractivity contribution in [2.75, 3.05) is 6.61 Å². The van der Waals surface area contributed by atoms with Crippen LogP contribution in [0.4, 0.5) is 0 Å². The minimum Gasteiger partial charge on any atom is -0.465 e. The van der Waals surface area contributed by atoms with E-state index in [0.29, 0.717) is 0 Å². The lowest BCUT2D eigenvalue weighted by atomic mass is 9.99. The van der Waals surface area contributed by atoms with Crippen LogP contribution in [0.5, 0.6) is 0 Å². The van der Waals surface area contributed by atoms with Gasteiger partial charge in [-0.05, 0) is 48.7 Å². The second-order valence-corrected chi connectivity index (χ2v) is 10.2. The van der Waals surface area contributed by atoms with Gasteiger partial charge >= 0.3 is 5.97 Å². The number of aryl methyl sites for hydroxylation is 1. The molecule has 158 valence electrons. The van der Waals surface area contributed by atoms with Crippen LogP contribution in [0.1, 0.15) is 28.4 Å². The summed E-state index contributed by atoms with van der Waals surface area (Å²) in [4.78, 5) is 12.7. The topological polar surface area (TPSA) is 72.5 Å². The second kappa shape index (κ2) is 9.89. The molecule has 0 saturated heterocycles. The van der Waals surface area contributed by atoms with Crippen LogP contribution in [0, 0.1) is 6.92 Å². The van der Waals surface area contributed by atoms with Gasteiger partial charge in [-0.15, -0.1) is 0 Å². The molecule has 5 nitrogen and oxygen atoms in total. The summed E-state index contributed by atoms with van der Waals surface area (Å²) in [6.45, 7) is 3.77. The monoisotopic (exact) mass is 537 g/mol. The van der Waals surface area contributed by atoms with Crippen molar-refractivity contribution in [3.05, 3.63) is 77.9 Å². The first kappa shape index (κ1) is 22.7. The molecule has 30 heavy (non-hydrogen) atoms. The number of benzene rings is 3. The molecular weight excluding hydrogens is 513 g/mol. The molecule has 0 bridgehead atoms. The van der Waals surface area contributed by atoms with E-state index in [4.69, 9.17) is 4.74 Å². The quantitative estimate of drug-likeness (QED) is 0.252. The van der Waals surface area contributed by atoms with Gasteiger partial charge in [0.05, 0.1) is 11.5 Å². The molecule has 3 rings (SSSR count). The molecule has 0 aliphatic heterocycles. The Kier molecular flexibility index (Phi) is 7.49. The highest BCUT2D eigenvalue weighted by atomic mass is 127. The molecule has 0 unspecified atom stereocenters. The fourth-order valence-corrected chi connectivity index (χ4v) is 5.51. The summed E-state index contributed by atoms with van der Waals surface area (Å²) in [7, 11) is -3.86. The van der Waals surface area contributed by atoms with Crippen molar-refractivity contribution in [3.8, 4) is 0 Å². The molecule has 3 aromatic carbocycles. The minimum atomic E-state index is -3.86. The minimum absolute atomic E-state index is 0.0937. The number of sulfonamides is 1. The van der Waals surface area contributed by atoms with Crippen molar-refractivity contribution < 1.29 is 17.9 Å². The highest BCUT2D eigenvalue weighted by molar-refractivity contribution is 14.1. The van der Waals surface area contributed by atoms with Crippen LogP contribution >= 0.6 is 22.6 Å². The molecule has 0 heterocycles. The zero-order chi connectivity index (χ0) is 21.7. The fourth-order valence-electron chi connectivity index (χ4n) is 3.27. The van der Waals surface area contributed by atoms with E-state index in [1.807, 2.05) is 49.4 Å². The summed E-state index contributed by atoms with van der Waals surface area (Å²) in [5.41, 5.74) is 2.01. The normalized spacial score (nSPS) is 13.7. The lowest BCUT2D eigenvalue weighted by Gasteiger charge is -2.21. The van der Waals surface area contributed by atoms with Crippen LogP contribution in [-0.4, -0.2) is 27.0 Å². The smallest absolute Gasteiger partial charge is 0.324 e. The highest BCUT2D eigenvalue weighted by Gasteiger charge is 2.29. The number of halogens is 1. The third-order valence-corrected chi connectivity index (χ3v) is 7.47. The third kappa shape index (κ3) is 5.39. The first-order valence-corrected chi connectivity index (χ1v) is 12.4. The number of rotatable bonds is 8. The SMILES string of the molecule is CCOC(=O)[C@H](C[C@H](I)c1cccc2ccccc12)NS(=O)(=O)c1ccc(C)cc1. The van der Waals surface area contributed by atoms with Crippen molar-refractivity contribution in [1.29, 1.82) is 0 Å². The van der Waals surface area contributed by atoms with Crippen LogP contribution in [0.2, 0.25) is 0 Å². The Bertz CT molecular complexity index is 1120. The lowest BCUT2D eigenvalue weighted by molar-refractivity contribution is -0.145. The maximum absolute atomic E-state index is 12.9. The number of esters is 1. The number of alkyl halides is 1. The third-order valence-electron chi connectivity index (χ3n) is 4.80. The van der Waals surface area contributed by atoms with Crippen LogP contribution < -0.4 is 4.72 Å². The van der Waals surface area contributed by atoms with E-state index in [0.717, 1.165) is 21.9 Å². The number of ether oxygens (including phenoxy) is 1. The van der Waals surface area contributed by atoms with Crippen LogP contribution in [0.25, 0.3) is 10.8 Å². The van der Waals surface area contributed by atoms with Gasteiger partial charge in [0.25, 0.3) is 0 Å². The van der Waals surface area contributed by atoms with Crippen LogP contribution in [-0.2, 0) is 19.6 Å². The number of fused-ring (bicyclic) bond motifs is 1. The first-order chi connectivity index (χ1) is 14.3. The number of hydrogen-bond donors (Lipinski definition) is 1. The molecule has 2 atom stereocenters.